The number of benzene rings is 1. The molecule has 5 heteroatoms. The summed E-state index contributed by atoms with van der Waals surface area (Å²) in [5, 5.41) is 8.48. The maximum atomic E-state index is 11.7. The quantitative estimate of drug-likeness (QED) is 0.477. The minimum atomic E-state index is -3.66. The van der Waals surface area contributed by atoms with E-state index in [0.29, 0.717) is 6.42 Å². The lowest BCUT2D eigenvalue weighted by atomic mass is 10.2. The molecule has 0 fully saturated rings. The van der Waals surface area contributed by atoms with E-state index in [2.05, 4.69) is 0 Å². The van der Waals surface area contributed by atoms with E-state index >= 15 is 0 Å². The zero-order valence-corrected chi connectivity index (χ0v) is 10.5. The van der Waals surface area contributed by atoms with Gasteiger partial charge in [-0.25, -0.2) is 0 Å². The van der Waals surface area contributed by atoms with E-state index in [1.165, 1.54) is 12.1 Å². The molecular formula is C12H16O4S. The Morgan fingerprint density at radius 3 is 2.47 bits per heavy atom. The van der Waals surface area contributed by atoms with Gasteiger partial charge in [-0.2, -0.15) is 8.42 Å². The van der Waals surface area contributed by atoms with Crippen molar-refractivity contribution in [3.8, 4) is 0 Å². The van der Waals surface area contributed by atoms with Gasteiger partial charge in [0.2, 0.25) is 0 Å². The predicted molar refractivity (Wildman–Crippen MR) is 65.2 cm³/mol. The molecule has 1 N–H and O–H groups in total. The van der Waals surface area contributed by atoms with Crippen molar-refractivity contribution >= 4 is 10.1 Å². The van der Waals surface area contributed by atoms with E-state index in [4.69, 9.17) is 9.29 Å². The van der Waals surface area contributed by atoms with Crippen molar-refractivity contribution in [2.24, 2.45) is 0 Å². The van der Waals surface area contributed by atoms with Gasteiger partial charge < -0.3 is 5.11 Å². The minimum Gasteiger partial charge on any atom is -0.392 e. The third-order valence-corrected chi connectivity index (χ3v) is 3.43. The maximum absolute atomic E-state index is 11.7. The number of aliphatic hydroxyl groups is 1. The van der Waals surface area contributed by atoms with Gasteiger partial charge in [0, 0.05) is 0 Å². The lowest BCUT2D eigenvalue weighted by Crippen LogP contribution is -2.07. The molecule has 0 amide bonds. The molecule has 1 rings (SSSR count). The second kappa shape index (κ2) is 6.54. The number of aliphatic hydroxyl groups excluding tert-OH is 1. The zero-order chi connectivity index (χ0) is 12.7. The Morgan fingerprint density at radius 1 is 1.24 bits per heavy atom. The van der Waals surface area contributed by atoms with Crippen molar-refractivity contribution in [1.29, 1.82) is 0 Å². The minimum absolute atomic E-state index is 0.0509. The summed E-state index contributed by atoms with van der Waals surface area (Å²) >= 11 is 0. The Labute approximate surface area is 102 Å². The molecule has 0 spiro atoms. The van der Waals surface area contributed by atoms with Crippen LogP contribution in [0.5, 0.6) is 0 Å². The van der Waals surface area contributed by atoms with Gasteiger partial charge in [0.1, 0.15) is 0 Å². The van der Waals surface area contributed by atoms with Gasteiger partial charge in [-0.05, 0) is 25.5 Å². The van der Waals surface area contributed by atoms with Gasteiger partial charge in [0.05, 0.1) is 18.1 Å². The van der Waals surface area contributed by atoms with Crippen LogP contribution in [0.4, 0.5) is 0 Å². The van der Waals surface area contributed by atoms with Crippen LogP contribution in [-0.4, -0.2) is 26.7 Å². The van der Waals surface area contributed by atoms with E-state index < -0.39 is 10.1 Å². The highest BCUT2D eigenvalue weighted by molar-refractivity contribution is 7.86. The molecule has 17 heavy (non-hydrogen) atoms. The van der Waals surface area contributed by atoms with Crippen molar-refractivity contribution < 1.29 is 17.7 Å². The van der Waals surface area contributed by atoms with Crippen LogP contribution in [0.25, 0.3) is 0 Å². The average molecular weight is 256 g/mol. The van der Waals surface area contributed by atoms with Crippen LogP contribution in [0.15, 0.2) is 41.3 Å². The largest absolute Gasteiger partial charge is 0.392 e. The first-order valence-corrected chi connectivity index (χ1v) is 6.69. The van der Waals surface area contributed by atoms with E-state index in [1.54, 1.807) is 24.3 Å². The van der Waals surface area contributed by atoms with E-state index in [0.717, 1.165) is 5.56 Å². The molecule has 0 heterocycles. The highest BCUT2D eigenvalue weighted by Gasteiger charge is 2.13. The Kier molecular flexibility index (Phi) is 5.34. The Bertz CT molecular complexity index is 460. The van der Waals surface area contributed by atoms with Crippen molar-refractivity contribution in [1.82, 2.24) is 0 Å². The van der Waals surface area contributed by atoms with Gasteiger partial charge in [0.15, 0.2) is 0 Å². The van der Waals surface area contributed by atoms with Crippen molar-refractivity contribution in [3.05, 3.63) is 42.0 Å². The molecule has 1 aromatic rings. The lowest BCUT2D eigenvalue weighted by Gasteiger charge is -2.04. The van der Waals surface area contributed by atoms with Crippen molar-refractivity contribution in [2.45, 2.75) is 18.2 Å². The number of rotatable bonds is 6. The van der Waals surface area contributed by atoms with E-state index in [9.17, 15) is 8.42 Å². The molecule has 0 saturated heterocycles. The molecule has 4 nitrogen and oxygen atoms in total. The highest BCUT2D eigenvalue weighted by atomic mass is 32.2. The number of aryl methyl sites for hydroxylation is 1. The monoisotopic (exact) mass is 256 g/mol. The van der Waals surface area contributed by atoms with Crippen LogP contribution in [0.1, 0.15) is 12.0 Å². The lowest BCUT2D eigenvalue weighted by molar-refractivity contribution is 0.322. The standard InChI is InChI=1S/C12H16O4S/c1-11-5-7-12(8-6-11)17(14,15)16-10-4-2-3-9-13/h2-3,5-8,13H,4,9-10H2,1H3/b3-2+. The van der Waals surface area contributed by atoms with Crippen LogP contribution >= 0.6 is 0 Å². The predicted octanol–water partition coefficient (Wildman–Crippen LogP) is 1.64. The van der Waals surface area contributed by atoms with Gasteiger partial charge in [0.25, 0.3) is 10.1 Å². The van der Waals surface area contributed by atoms with Gasteiger partial charge in [-0.1, -0.05) is 29.8 Å². The summed E-state index contributed by atoms with van der Waals surface area (Å²) < 4.78 is 28.2. The van der Waals surface area contributed by atoms with E-state index in [1.807, 2.05) is 6.92 Å². The molecule has 1 aromatic carbocycles. The van der Waals surface area contributed by atoms with Crippen LogP contribution in [0, 0.1) is 6.92 Å². The molecule has 0 unspecified atom stereocenters. The average Bonchev–Trinajstić information content (AvgIpc) is 2.29. The Balaban J connectivity index is 2.57. The smallest absolute Gasteiger partial charge is 0.296 e. The van der Waals surface area contributed by atoms with Gasteiger partial charge >= 0.3 is 0 Å². The topological polar surface area (TPSA) is 63.6 Å². The molecule has 94 valence electrons. The molecule has 0 aliphatic carbocycles. The summed E-state index contributed by atoms with van der Waals surface area (Å²) in [5.41, 5.74) is 0.995. The molecule has 0 bridgehead atoms. The maximum Gasteiger partial charge on any atom is 0.296 e. The SMILES string of the molecule is Cc1ccc(S(=O)(=O)OCC/C=C/CO)cc1. The van der Waals surface area contributed by atoms with Gasteiger partial charge in [-0.15, -0.1) is 0 Å². The highest BCUT2D eigenvalue weighted by Crippen LogP contribution is 2.13. The van der Waals surface area contributed by atoms with Crippen LogP contribution < -0.4 is 0 Å². The normalized spacial score (nSPS) is 12.1. The Hall–Kier alpha value is -1.17. The second-order valence-electron chi connectivity index (χ2n) is 3.53. The van der Waals surface area contributed by atoms with Crippen molar-refractivity contribution in [2.75, 3.05) is 13.2 Å². The van der Waals surface area contributed by atoms with Crippen LogP contribution in [0.2, 0.25) is 0 Å². The first-order chi connectivity index (χ1) is 8.06. The zero-order valence-electron chi connectivity index (χ0n) is 9.67. The first kappa shape index (κ1) is 13.9. The molecule has 0 saturated carbocycles. The second-order valence-corrected chi connectivity index (χ2v) is 5.15. The fourth-order valence-electron chi connectivity index (χ4n) is 1.19. The molecule has 0 atom stereocenters. The summed E-state index contributed by atoms with van der Waals surface area (Å²) in [4.78, 5) is 0.161. The number of hydrogen-bond donors (Lipinski definition) is 1. The summed E-state index contributed by atoms with van der Waals surface area (Å²) in [7, 11) is -3.66. The van der Waals surface area contributed by atoms with Crippen LogP contribution in [-0.2, 0) is 14.3 Å². The molecule has 0 aliphatic heterocycles. The third-order valence-electron chi connectivity index (χ3n) is 2.10. The molecular weight excluding hydrogens is 240 g/mol. The van der Waals surface area contributed by atoms with E-state index in [-0.39, 0.29) is 18.1 Å². The van der Waals surface area contributed by atoms with Gasteiger partial charge in [-0.3, -0.25) is 4.18 Å². The summed E-state index contributed by atoms with van der Waals surface area (Å²) in [6.45, 7) is 1.91. The van der Waals surface area contributed by atoms with Crippen LogP contribution in [0.3, 0.4) is 0 Å². The molecule has 0 aromatic heterocycles. The summed E-state index contributed by atoms with van der Waals surface area (Å²) in [6, 6.07) is 6.49. The fraction of sp³-hybridized carbons (Fsp3) is 0.333. The number of hydrogen-bond acceptors (Lipinski definition) is 4. The Morgan fingerprint density at radius 2 is 1.88 bits per heavy atom. The third kappa shape index (κ3) is 4.68. The molecule has 0 aliphatic rings. The summed E-state index contributed by atoms with van der Waals surface area (Å²) in [5.74, 6) is 0. The molecule has 0 radical (unpaired) electrons. The summed E-state index contributed by atoms with van der Waals surface area (Å²) in [6.07, 6.45) is 3.66. The van der Waals surface area contributed by atoms with Crippen molar-refractivity contribution in [3.63, 3.8) is 0 Å². The fourth-order valence-corrected chi connectivity index (χ4v) is 2.11. The first-order valence-electron chi connectivity index (χ1n) is 5.28.